The van der Waals surface area contributed by atoms with Gasteiger partial charge in [0.05, 0.1) is 16.6 Å². The number of aryl methyl sites for hydroxylation is 1. The van der Waals surface area contributed by atoms with Crippen molar-refractivity contribution < 1.29 is 9.90 Å². The van der Waals surface area contributed by atoms with Gasteiger partial charge in [0.1, 0.15) is 0 Å². The number of piperidine rings is 1. The summed E-state index contributed by atoms with van der Waals surface area (Å²) >= 11 is 1.46. The second-order valence-corrected chi connectivity index (χ2v) is 8.03. The Morgan fingerprint density at radius 3 is 2.92 bits per heavy atom. The van der Waals surface area contributed by atoms with Crippen LogP contribution in [0.5, 0.6) is 0 Å². The van der Waals surface area contributed by atoms with Crippen LogP contribution in [0.15, 0.2) is 23.7 Å². The molecule has 1 atom stereocenters. The topological polar surface area (TPSA) is 78.4 Å². The lowest BCUT2D eigenvalue weighted by Crippen LogP contribution is -2.36. The van der Waals surface area contributed by atoms with Crippen LogP contribution in [0.3, 0.4) is 0 Å². The average molecular weight is 372 g/mol. The number of aromatic nitrogens is 2. The molecule has 4 rings (SSSR count). The van der Waals surface area contributed by atoms with Crippen molar-refractivity contribution in [2.75, 3.05) is 24.6 Å². The standard InChI is InChI=1S/C19H24N4O2S/c24-12-13-6-8-23(9-7-13)19-20-11-14-15(3-1-4-16(14)22-19)21-18(25)17-5-2-10-26-17/h2,5,10-11,13,15,24H,1,3-4,6-9,12H2,(H,21,25)/t15-/m1/s1. The van der Waals surface area contributed by atoms with Gasteiger partial charge in [-0.15, -0.1) is 11.3 Å². The average Bonchev–Trinajstić information content (AvgIpc) is 3.23. The van der Waals surface area contributed by atoms with Gasteiger partial charge in [0.2, 0.25) is 5.95 Å². The molecule has 0 spiro atoms. The molecular weight excluding hydrogens is 348 g/mol. The molecule has 1 saturated heterocycles. The number of fused-ring (bicyclic) bond motifs is 1. The van der Waals surface area contributed by atoms with Gasteiger partial charge in [-0.25, -0.2) is 9.97 Å². The van der Waals surface area contributed by atoms with Crippen LogP contribution in [0, 0.1) is 5.92 Å². The van der Waals surface area contributed by atoms with Crippen molar-refractivity contribution in [2.24, 2.45) is 5.92 Å². The molecule has 2 aliphatic rings. The van der Waals surface area contributed by atoms with Crippen molar-refractivity contribution in [3.8, 4) is 0 Å². The Balaban J connectivity index is 1.48. The fourth-order valence-electron chi connectivity index (χ4n) is 3.79. The highest BCUT2D eigenvalue weighted by atomic mass is 32.1. The minimum absolute atomic E-state index is 0.0116. The zero-order valence-electron chi connectivity index (χ0n) is 14.7. The summed E-state index contributed by atoms with van der Waals surface area (Å²) in [6, 6.07) is 3.73. The molecule has 2 aromatic heterocycles. The van der Waals surface area contributed by atoms with E-state index in [-0.39, 0.29) is 18.6 Å². The van der Waals surface area contributed by atoms with Gasteiger partial charge in [0, 0.05) is 31.5 Å². The molecule has 1 fully saturated rings. The van der Waals surface area contributed by atoms with E-state index in [1.807, 2.05) is 23.7 Å². The van der Waals surface area contributed by atoms with Crippen LogP contribution in [0.2, 0.25) is 0 Å². The van der Waals surface area contributed by atoms with Gasteiger partial charge in [-0.2, -0.15) is 0 Å². The van der Waals surface area contributed by atoms with E-state index in [0.29, 0.717) is 5.92 Å². The third-order valence-corrected chi connectivity index (χ3v) is 6.24. The van der Waals surface area contributed by atoms with E-state index in [1.54, 1.807) is 0 Å². The number of aliphatic hydroxyl groups is 1. The molecule has 6 nitrogen and oxygen atoms in total. The fourth-order valence-corrected chi connectivity index (χ4v) is 4.42. The van der Waals surface area contributed by atoms with Crippen LogP contribution in [-0.4, -0.2) is 40.7 Å². The number of carbonyl (C=O) groups excluding carboxylic acids is 1. The van der Waals surface area contributed by atoms with Crippen LogP contribution >= 0.6 is 11.3 Å². The molecule has 0 bridgehead atoms. The van der Waals surface area contributed by atoms with Crippen molar-refractivity contribution in [1.82, 2.24) is 15.3 Å². The van der Waals surface area contributed by atoms with Gasteiger partial charge in [-0.1, -0.05) is 6.07 Å². The summed E-state index contributed by atoms with van der Waals surface area (Å²) in [5.41, 5.74) is 2.11. The highest BCUT2D eigenvalue weighted by Crippen LogP contribution is 2.30. The van der Waals surface area contributed by atoms with E-state index >= 15 is 0 Å². The Morgan fingerprint density at radius 1 is 1.35 bits per heavy atom. The summed E-state index contributed by atoms with van der Waals surface area (Å²) in [6.45, 7) is 2.05. The maximum absolute atomic E-state index is 12.4. The summed E-state index contributed by atoms with van der Waals surface area (Å²) in [5.74, 6) is 1.17. The molecule has 26 heavy (non-hydrogen) atoms. The molecule has 1 aliphatic heterocycles. The molecule has 7 heteroatoms. The van der Waals surface area contributed by atoms with E-state index in [0.717, 1.165) is 67.3 Å². The molecule has 0 aromatic carbocycles. The Labute approximate surface area is 157 Å². The molecule has 2 aromatic rings. The van der Waals surface area contributed by atoms with Gasteiger partial charge in [-0.05, 0) is 49.5 Å². The molecule has 0 radical (unpaired) electrons. The van der Waals surface area contributed by atoms with Crippen LogP contribution in [0.25, 0.3) is 0 Å². The molecular formula is C19H24N4O2S. The highest BCUT2D eigenvalue weighted by Gasteiger charge is 2.26. The smallest absolute Gasteiger partial charge is 0.261 e. The summed E-state index contributed by atoms with van der Waals surface area (Å²) < 4.78 is 0. The maximum atomic E-state index is 12.4. The normalized spacial score (nSPS) is 20.7. The molecule has 3 heterocycles. The molecule has 2 N–H and O–H groups in total. The molecule has 138 valence electrons. The zero-order chi connectivity index (χ0) is 17.9. The first kappa shape index (κ1) is 17.4. The number of hydrogen-bond acceptors (Lipinski definition) is 6. The molecule has 0 unspecified atom stereocenters. The van der Waals surface area contributed by atoms with Crippen LogP contribution < -0.4 is 10.2 Å². The van der Waals surface area contributed by atoms with E-state index in [2.05, 4.69) is 15.2 Å². The minimum atomic E-state index is -0.0204. The van der Waals surface area contributed by atoms with Gasteiger partial charge < -0.3 is 15.3 Å². The monoisotopic (exact) mass is 372 g/mol. The number of aliphatic hydroxyl groups excluding tert-OH is 1. The van der Waals surface area contributed by atoms with Crippen LogP contribution in [0.1, 0.15) is 52.7 Å². The van der Waals surface area contributed by atoms with E-state index in [1.165, 1.54) is 11.3 Å². The predicted molar refractivity (Wildman–Crippen MR) is 102 cm³/mol. The SMILES string of the molecule is O=C(N[C@@H]1CCCc2nc(N3CCC(CO)CC3)ncc21)c1cccs1. The summed E-state index contributed by atoms with van der Waals surface area (Å²) in [6.07, 6.45) is 6.74. The van der Waals surface area contributed by atoms with E-state index in [9.17, 15) is 9.90 Å². The summed E-state index contributed by atoms with van der Waals surface area (Å²) in [4.78, 5) is 24.7. The third kappa shape index (κ3) is 3.59. The number of anilines is 1. The summed E-state index contributed by atoms with van der Waals surface area (Å²) in [5, 5.41) is 14.3. The van der Waals surface area contributed by atoms with Gasteiger partial charge in [0.15, 0.2) is 0 Å². The number of amides is 1. The lowest BCUT2D eigenvalue weighted by atomic mass is 9.92. The van der Waals surface area contributed by atoms with Crippen molar-refractivity contribution in [1.29, 1.82) is 0 Å². The number of carbonyl (C=O) groups is 1. The van der Waals surface area contributed by atoms with Gasteiger partial charge in [-0.3, -0.25) is 4.79 Å². The Kier molecular flexibility index (Phi) is 5.17. The molecule has 0 saturated carbocycles. The van der Waals surface area contributed by atoms with Crippen molar-refractivity contribution >= 4 is 23.2 Å². The minimum Gasteiger partial charge on any atom is -0.396 e. The van der Waals surface area contributed by atoms with Crippen molar-refractivity contribution in [3.63, 3.8) is 0 Å². The lowest BCUT2D eigenvalue weighted by Gasteiger charge is -2.32. The number of hydrogen-bond donors (Lipinski definition) is 2. The maximum Gasteiger partial charge on any atom is 0.261 e. The lowest BCUT2D eigenvalue weighted by molar-refractivity contribution is 0.0936. The second-order valence-electron chi connectivity index (χ2n) is 7.08. The predicted octanol–water partition coefficient (Wildman–Crippen LogP) is 2.55. The number of rotatable bonds is 4. The fraction of sp³-hybridized carbons (Fsp3) is 0.526. The first-order valence-electron chi connectivity index (χ1n) is 9.30. The van der Waals surface area contributed by atoms with Crippen molar-refractivity contribution in [2.45, 2.75) is 38.1 Å². The van der Waals surface area contributed by atoms with E-state index < -0.39 is 0 Å². The highest BCUT2D eigenvalue weighted by molar-refractivity contribution is 7.12. The number of nitrogens with zero attached hydrogens (tertiary/aromatic N) is 3. The van der Waals surface area contributed by atoms with Gasteiger partial charge in [0.25, 0.3) is 5.91 Å². The molecule has 1 aliphatic carbocycles. The number of nitrogens with one attached hydrogen (secondary N) is 1. The molecule has 1 amide bonds. The Morgan fingerprint density at radius 2 is 2.19 bits per heavy atom. The Hall–Kier alpha value is -1.99. The number of thiophene rings is 1. The van der Waals surface area contributed by atoms with Gasteiger partial charge >= 0.3 is 0 Å². The quantitative estimate of drug-likeness (QED) is 0.862. The van der Waals surface area contributed by atoms with Crippen LogP contribution in [0.4, 0.5) is 5.95 Å². The van der Waals surface area contributed by atoms with Crippen molar-refractivity contribution in [3.05, 3.63) is 39.8 Å². The second kappa shape index (κ2) is 7.72. The Bertz CT molecular complexity index is 757. The third-order valence-electron chi connectivity index (χ3n) is 5.37. The first-order chi connectivity index (χ1) is 12.7. The van der Waals surface area contributed by atoms with Crippen LogP contribution in [-0.2, 0) is 6.42 Å². The van der Waals surface area contributed by atoms with E-state index in [4.69, 9.17) is 4.98 Å². The first-order valence-corrected chi connectivity index (χ1v) is 10.2. The summed E-state index contributed by atoms with van der Waals surface area (Å²) in [7, 11) is 0. The zero-order valence-corrected chi connectivity index (χ0v) is 15.5. The largest absolute Gasteiger partial charge is 0.396 e.